The van der Waals surface area contributed by atoms with Gasteiger partial charge in [-0.1, -0.05) is 0 Å². The Balaban J connectivity index is 1.82. The van der Waals surface area contributed by atoms with Crippen LogP contribution in [0.5, 0.6) is 0 Å². The first-order valence-corrected chi connectivity index (χ1v) is 8.41. The fraction of sp³-hybridized carbons (Fsp3) is 0.500. The zero-order valence-corrected chi connectivity index (χ0v) is 14.9. The molecule has 2 aromatic rings. The Kier molecular flexibility index (Phi) is 4.55. The number of hydrogen-bond acceptors (Lipinski definition) is 4. The number of amides is 1. The summed E-state index contributed by atoms with van der Waals surface area (Å²) in [6.07, 6.45) is 3.77. The van der Waals surface area contributed by atoms with Crippen LogP contribution in [0.1, 0.15) is 40.6 Å². The summed E-state index contributed by atoms with van der Waals surface area (Å²) in [5.41, 5.74) is 2.84. The maximum atomic E-state index is 13.0. The number of anilines is 1. The Labute approximate surface area is 143 Å². The average Bonchev–Trinajstić information content (AvgIpc) is 2.92. The van der Waals surface area contributed by atoms with Crippen molar-refractivity contribution in [2.75, 3.05) is 32.1 Å². The Morgan fingerprint density at radius 1 is 1.33 bits per heavy atom. The van der Waals surface area contributed by atoms with Crippen LogP contribution in [0.2, 0.25) is 0 Å². The van der Waals surface area contributed by atoms with Crippen LogP contribution in [0.25, 0.3) is 0 Å². The zero-order valence-electron chi connectivity index (χ0n) is 14.9. The highest BCUT2D eigenvalue weighted by Gasteiger charge is 2.28. The van der Waals surface area contributed by atoms with E-state index in [4.69, 9.17) is 0 Å². The maximum Gasteiger partial charge on any atom is 0.257 e. The Morgan fingerprint density at radius 2 is 2.12 bits per heavy atom. The number of carbonyl (C=O) groups excluding carboxylic acids is 1. The first kappa shape index (κ1) is 16.5. The molecule has 2 aromatic heterocycles. The third-order valence-electron chi connectivity index (χ3n) is 4.51. The Morgan fingerprint density at radius 3 is 2.79 bits per heavy atom. The lowest BCUT2D eigenvalue weighted by Gasteiger charge is -2.34. The highest BCUT2D eigenvalue weighted by Crippen LogP contribution is 2.25. The zero-order chi connectivity index (χ0) is 17.3. The molecular formula is C18H25N5O. The number of piperidine rings is 1. The van der Waals surface area contributed by atoms with Crippen LogP contribution in [0.15, 0.2) is 24.4 Å². The van der Waals surface area contributed by atoms with E-state index >= 15 is 0 Å². The third-order valence-corrected chi connectivity index (χ3v) is 4.51. The molecule has 0 radical (unpaired) electrons. The van der Waals surface area contributed by atoms with E-state index in [1.807, 2.05) is 43.0 Å². The molecule has 1 atom stereocenters. The van der Waals surface area contributed by atoms with Gasteiger partial charge in [-0.05, 0) is 44.9 Å². The Bertz CT molecular complexity index is 737. The highest BCUT2D eigenvalue weighted by atomic mass is 16.2. The van der Waals surface area contributed by atoms with Gasteiger partial charge in [-0.25, -0.2) is 4.98 Å². The predicted molar refractivity (Wildman–Crippen MR) is 94.4 cm³/mol. The van der Waals surface area contributed by atoms with E-state index < -0.39 is 0 Å². The molecule has 1 unspecified atom stereocenters. The predicted octanol–water partition coefficient (Wildman–Crippen LogP) is 2.44. The van der Waals surface area contributed by atoms with Gasteiger partial charge in [-0.15, -0.1) is 0 Å². The molecule has 128 valence electrons. The Hall–Kier alpha value is -2.37. The minimum absolute atomic E-state index is 0.0537. The van der Waals surface area contributed by atoms with Crippen molar-refractivity contribution in [3.05, 3.63) is 41.3 Å². The smallest absolute Gasteiger partial charge is 0.257 e. The fourth-order valence-corrected chi connectivity index (χ4v) is 3.45. The van der Waals surface area contributed by atoms with Crippen LogP contribution in [0, 0.1) is 13.8 Å². The van der Waals surface area contributed by atoms with Gasteiger partial charge < -0.3 is 9.80 Å². The summed E-state index contributed by atoms with van der Waals surface area (Å²) in [5, 5.41) is 4.60. The lowest BCUT2D eigenvalue weighted by molar-refractivity contribution is 0.0672. The van der Waals surface area contributed by atoms with Gasteiger partial charge >= 0.3 is 0 Å². The van der Waals surface area contributed by atoms with E-state index in [-0.39, 0.29) is 11.9 Å². The lowest BCUT2D eigenvalue weighted by atomic mass is 10.0. The lowest BCUT2D eigenvalue weighted by Crippen LogP contribution is -2.41. The van der Waals surface area contributed by atoms with Gasteiger partial charge in [0.15, 0.2) is 0 Å². The molecule has 1 fully saturated rings. The molecule has 0 spiro atoms. The molecule has 24 heavy (non-hydrogen) atoms. The average molecular weight is 327 g/mol. The summed E-state index contributed by atoms with van der Waals surface area (Å²) < 4.78 is 2.07. The van der Waals surface area contributed by atoms with Gasteiger partial charge in [0.2, 0.25) is 0 Å². The molecule has 0 saturated carbocycles. The van der Waals surface area contributed by atoms with Crippen LogP contribution in [-0.2, 0) is 0 Å². The van der Waals surface area contributed by atoms with Crippen LogP contribution < -0.4 is 4.90 Å². The monoisotopic (exact) mass is 327 g/mol. The quantitative estimate of drug-likeness (QED) is 0.869. The molecular weight excluding hydrogens is 302 g/mol. The van der Waals surface area contributed by atoms with Crippen LogP contribution >= 0.6 is 0 Å². The van der Waals surface area contributed by atoms with Crippen LogP contribution in [0.3, 0.4) is 0 Å². The molecule has 0 aromatic carbocycles. The molecule has 0 aliphatic carbocycles. The number of hydrogen-bond donors (Lipinski definition) is 0. The first-order chi connectivity index (χ1) is 11.5. The van der Waals surface area contributed by atoms with Gasteiger partial charge in [0, 0.05) is 39.1 Å². The molecule has 6 heteroatoms. The number of rotatable bonds is 3. The van der Waals surface area contributed by atoms with E-state index in [1.165, 1.54) is 0 Å². The SMILES string of the molecule is Cc1cc(C)n(C2CCCN(C(=O)c3cccnc3N(C)C)C2)n1. The van der Waals surface area contributed by atoms with E-state index in [1.54, 1.807) is 6.20 Å². The van der Waals surface area contributed by atoms with Crippen molar-refractivity contribution < 1.29 is 4.79 Å². The molecule has 1 saturated heterocycles. The molecule has 0 bridgehead atoms. The summed E-state index contributed by atoms with van der Waals surface area (Å²) in [6.45, 7) is 5.57. The van der Waals surface area contributed by atoms with Gasteiger partial charge in [0.05, 0.1) is 17.3 Å². The summed E-state index contributed by atoms with van der Waals surface area (Å²) in [6, 6.07) is 6.02. The second-order valence-electron chi connectivity index (χ2n) is 6.69. The van der Waals surface area contributed by atoms with Crippen LogP contribution in [-0.4, -0.2) is 52.8 Å². The molecule has 1 aliphatic rings. The summed E-state index contributed by atoms with van der Waals surface area (Å²) >= 11 is 0. The van der Waals surface area contributed by atoms with E-state index in [0.717, 1.165) is 36.6 Å². The normalized spacial score (nSPS) is 17.8. The van der Waals surface area contributed by atoms with Crippen molar-refractivity contribution >= 4 is 11.7 Å². The third kappa shape index (κ3) is 3.13. The van der Waals surface area contributed by atoms with Crippen molar-refractivity contribution in [2.45, 2.75) is 32.7 Å². The number of carbonyl (C=O) groups is 1. The number of pyridine rings is 1. The van der Waals surface area contributed by atoms with Crippen molar-refractivity contribution in [1.82, 2.24) is 19.7 Å². The van der Waals surface area contributed by atoms with Gasteiger partial charge in [-0.2, -0.15) is 5.10 Å². The van der Waals surface area contributed by atoms with E-state index in [9.17, 15) is 4.79 Å². The first-order valence-electron chi connectivity index (χ1n) is 8.41. The largest absolute Gasteiger partial charge is 0.362 e. The number of nitrogens with zero attached hydrogens (tertiary/aromatic N) is 5. The van der Waals surface area contributed by atoms with Crippen LogP contribution in [0.4, 0.5) is 5.82 Å². The van der Waals surface area contributed by atoms with Crippen molar-refractivity contribution in [1.29, 1.82) is 0 Å². The fourth-order valence-electron chi connectivity index (χ4n) is 3.45. The number of likely N-dealkylation sites (tertiary alicyclic amines) is 1. The molecule has 6 nitrogen and oxygen atoms in total. The van der Waals surface area contributed by atoms with E-state index in [2.05, 4.69) is 27.8 Å². The number of aromatic nitrogens is 3. The summed E-state index contributed by atoms with van der Waals surface area (Å²) in [5.74, 6) is 0.772. The topological polar surface area (TPSA) is 54.3 Å². The van der Waals surface area contributed by atoms with Gasteiger partial charge in [0.1, 0.15) is 5.82 Å². The van der Waals surface area contributed by atoms with Gasteiger partial charge in [-0.3, -0.25) is 9.48 Å². The molecule has 0 N–H and O–H groups in total. The van der Waals surface area contributed by atoms with Crippen molar-refractivity contribution in [3.8, 4) is 0 Å². The highest BCUT2D eigenvalue weighted by molar-refractivity contribution is 5.98. The molecule has 1 aliphatic heterocycles. The van der Waals surface area contributed by atoms with Crippen molar-refractivity contribution in [3.63, 3.8) is 0 Å². The minimum atomic E-state index is 0.0537. The maximum absolute atomic E-state index is 13.0. The van der Waals surface area contributed by atoms with Crippen molar-refractivity contribution in [2.24, 2.45) is 0 Å². The molecule has 3 heterocycles. The minimum Gasteiger partial charge on any atom is -0.362 e. The van der Waals surface area contributed by atoms with Gasteiger partial charge in [0.25, 0.3) is 5.91 Å². The second-order valence-corrected chi connectivity index (χ2v) is 6.69. The van der Waals surface area contributed by atoms with E-state index in [0.29, 0.717) is 12.1 Å². The molecule has 1 amide bonds. The second kappa shape index (κ2) is 6.63. The summed E-state index contributed by atoms with van der Waals surface area (Å²) in [4.78, 5) is 21.2. The standard InChI is InChI=1S/C18H25N5O/c1-13-11-14(2)23(20-13)15-7-6-10-22(12-15)18(24)16-8-5-9-19-17(16)21(3)4/h5,8-9,11,15H,6-7,10,12H2,1-4H3. The molecule has 3 rings (SSSR count). The summed E-state index contributed by atoms with van der Waals surface area (Å²) in [7, 11) is 3.82. The number of aryl methyl sites for hydroxylation is 2.